The van der Waals surface area contributed by atoms with Crippen molar-refractivity contribution in [3.63, 3.8) is 0 Å². The van der Waals surface area contributed by atoms with Gasteiger partial charge in [0.2, 0.25) is 5.91 Å². The summed E-state index contributed by atoms with van der Waals surface area (Å²) in [4.78, 5) is 11.3. The molecule has 1 aromatic rings. The molecule has 0 radical (unpaired) electrons. The summed E-state index contributed by atoms with van der Waals surface area (Å²) in [7, 11) is 1.79. The number of amides is 1. The van der Waals surface area contributed by atoms with Gasteiger partial charge >= 0.3 is 0 Å². The smallest absolute Gasteiger partial charge is 0.242 e. The van der Waals surface area contributed by atoms with E-state index in [4.69, 9.17) is 5.26 Å². The minimum Gasteiger partial charge on any atom is -0.308 e. The highest BCUT2D eigenvalue weighted by molar-refractivity contribution is 5.93. The first-order chi connectivity index (χ1) is 6.54. The number of anilines is 1. The highest BCUT2D eigenvalue weighted by Gasteiger charge is 2.13. The molecular formula is C9H12N4O. The lowest BCUT2D eigenvalue weighted by atomic mass is 10.2. The van der Waals surface area contributed by atoms with Crippen molar-refractivity contribution in [3.05, 3.63) is 11.8 Å². The lowest BCUT2D eigenvalue weighted by Gasteiger charge is -2.01. The van der Waals surface area contributed by atoms with Gasteiger partial charge in [0.05, 0.1) is 6.07 Å². The first-order valence-corrected chi connectivity index (χ1v) is 4.25. The van der Waals surface area contributed by atoms with Gasteiger partial charge in [0, 0.05) is 18.8 Å². The van der Waals surface area contributed by atoms with Gasteiger partial charge in [-0.25, -0.2) is 0 Å². The van der Waals surface area contributed by atoms with Crippen molar-refractivity contribution in [3.8, 4) is 6.07 Å². The Morgan fingerprint density at radius 1 is 1.79 bits per heavy atom. The van der Waals surface area contributed by atoms with Crippen molar-refractivity contribution >= 4 is 11.7 Å². The summed E-state index contributed by atoms with van der Waals surface area (Å²) in [6, 6.07) is 3.61. The molecule has 1 aromatic heterocycles. The summed E-state index contributed by atoms with van der Waals surface area (Å²) in [5.41, 5.74) is 0.949. The van der Waals surface area contributed by atoms with Crippen molar-refractivity contribution in [2.75, 3.05) is 5.32 Å². The third-order valence-corrected chi connectivity index (χ3v) is 1.95. The molecular weight excluding hydrogens is 180 g/mol. The number of carbonyl (C=O) groups is 1. The van der Waals surface area contributed by atoms with E-state index in [1.807, 2.05) is 13.0 Å². The van der Waals surface area contributed by atoms with E-state index < -0.39 is 5.92 Å². The van der Waals surface area contributed by atoms with Crippen LogP contribution in [0.15, 0.2) is 6.07 Å². The van der Waals surface area contributed by atoms with Gasteiger partial charge in [0.25, 0.3) is 0 Å². The maximum Gasteiger partial charge on any atom is 0.242 e. The Kier molecular flexibility index (Phi) is 2.87. The van der Waals surface area contributed by atoms with Gasteiger partial charge in [-0.05, 0) is 13.8 Å². The zero-order chi connectivity index (χ0) is 10.7. The molecule has 0 spiro atoms. The van der Waals surface area contributed by atoms with Crippen LogP contribution in [0.5, 0.6) is 0 Å². The lowest BCUT2D eigenvalue weighted by Crippen LogP contribution is -2.19. The van der Waals surface area contributed by atoms with Gasteiger partial charge in [-0.1, -0.05) is 0 Å². The standard InChI is InChI=1S/C9H12N4O/c1-6(5-10)9(14)11-8-4-7(2)13(3)12-8/h4,6H,1-3H3,(H,11,12,14). The minimum atomic E-state index is -0.655. The Bertz CT molecular complexity index is 369. The Hall–Kier alpha value is -1.83. The molecule has 0 aliphatic heterocycles. The van der Waals surface area contributed by atoms with Crippen molar-refractivity contribution < 1.29 is 4.79 Å². The number of aryl methyl sites for hydroxylation is 2. The molecule has 1 N–H and O–H groups in total. The fraction of sp³-hybridized carbons (Fsp3) is 0.444. The molecule has 14 heavy (non-hydrogen) atoms. The number of hydrogen-bond donors (Lipinski definition) is 1. The third kappa shape index (κ3) is 2.10. The summed E-state index contributed by atoms with van der Waals surface area (Å²) in [6.07, 6.45) is 0. The maximum absolute atomic E-state index is 11.3. The molecule has 0 aliphatic carbocycles. The van der Waals surface area contributed by atoms with E-state index in [0.29, 0.717) is 5.82 Å². The lowest BCUT2D eigenvalue weighted by molar-refractivity contribution is -0.117. The van der Waals surface area contributed by atoms with E-state index in [1.54, 1.807) is 24.7 Å². The van der Waals surface area contributed by atoms with Crippen molar-refractivity contribution in [1.29, 1.82) is 5.26 Å². The molecule has 0 aliphatic rings. The minimum absolute atomic E-state index is 0.328. The van der Waals surface area contributed by atoms with Crippen LogP contribution in [0.25, 0.3) is 0 Å². The van der Waals surface area contributed by atoms with E-state index >= 15 is 0 Å². The van der Waals surface area contributed by atoms with E-state index in [9.17, 15) is 4.79 Å². The number of nitrogens with zero attached hydrogens (tertiary/aromatic N) is 3. The molecule has 74 valence electrons. The Morgan fingerprint density at radius 2 is 2.43 bits per heavy atom. The van der Waals surface area contributed by atoms with Crippen molar-refractivity contribution in [2.45, 2.75) is 13.8 Å². The largest absolute Gasteiger partial charge is 0.308 e. The first-order valence-electron chi connectivity index (χ1n) is 4.25. The molecule has 5 heteroatoms. The molecule has 1 heterocycles. The van der Waals surface area contributed by atoms with Crippen LogP contribution in [0.4, 0.5) is 5.82 Å². The van der Waals surface area contributed by atoms with Gasteiger partial charge in [0.15, 0.2) is 5.82 Å². The van der Waals surface area contributed by atoms with Gasteiger partial charge < -0.3 is 5.32 Å². The van der Waals surface area contributed by atoms with E-state index in [1.165, 1.54) is 0 Å². The third-order valence-electron chi connectivity index (χ3n) is 1.95. The van der Waals surface area contributed by atoms with Crippen LogP contribution in [0, 0.1) is 24.2 Å². The molecule has 0 bridgehead atoms. The summed E-state index contributed by atoms with van der Waals surface area (Å²) in [5, 5.41) is 15.1. The normalized spacial score (nSPS) is 11.9. The molecule has 1 unspecified atom stereocenters. The predicted octanol–water partition coefficient (Wildman–Crippen LogP) is 0.827. The fourth-order valence-corrected chi connectivity index (χ4v) is 0.915. The number of carbonyl (C=O) groups excluding carboxylic acids is 1. The molecule has 1 rings (SSSR count). The number of hydrogen-bond acceptors (Lipinski definition) is 3. The number of nitriles is 1. The van der Waals surface area contributed by atoms with Gasteiger partial charge in [0.1, 0.15) is 5.92 Å². The van der Waals surface area contributed by atoms with Crippen LogP contribution < -0.4 is 5.32 Å². The van der Waals surface area contributed by atoms with E-state index in [-0.39, 0.29) is 5.91 Å². The van der Waals surface area contributed by atoms with Crippen LogP contribution in [0.1, 0.15) is 12.6 Å². The summed E-state index contributed by atoms with van der Waals surface area (Å²) in [6.45, 7) is 3.43. The van der Waals surface area contributed by atoms with E-state index in [0.717, 1.165) is 5.69 Å². The molecule has 1 amide bonds. The topological polar surface area (TPSA) is 70.7 Å². The van der Waals surface area contributed by atoms with Crippen LogP contribution in [-0.4, -0.2) is 15.7 Å². The second kappa shape index (κ2) is 3.92. The average Bonchev–Trinajstić information content (AvgIpc) is 2.44. The summed E-state index contributed by atoms with van der Waals surface area (Å²) in [5.74, 6) is -0.500. The fourth-order valence-electron chi connectivity index (χ4n) is 0.915. The first kappa shape index (κ1) is 10.3. The molecule has 0 saturated heterocycles. The zero-order valence-electron chi connectivity index (χ0n) is 8.40. The van der Waals surface area contributed by atoms with Crippen molar-refractivity contribution in [2.24, 2.45) is 13.0 Å². The van der Waals surface area contributed by atoms with Crippen molar-refractivity contribution in [1.82, 2.24) is 9.78 Å². The predicted molar refractivity (Wildman–Crippen MR) is 51.4 cm³/mol. The Balaban J connectivity index is 2.71. The molecule has 0 saturated carbocycles. The second-order valence-corrected chi connectivity index (χ2v) is 3.13. The van der Waals surface area contributed by atoms with Crippen LogP contribution in [0.3, 0.4) is 0 Å². The molecule has 0 aromatic carbocycles. The highest BCUT2D eigenvalue weighted by atomic mass is 16.1. The van der Waals surface area contributed by atoms with Gasteiger partial charge in [-0.2, -0.15) is 10.4 Å². The van der Waals surface area contributed by atoms with Gasteiger partial charge in [-0.15, -0.1) is 0 Å². The Morgan fingerprint density at radius 3 is 2.86 bits per heavy atom. The summed E-state index contributed by atoms with van der Waals surface area (Å²) >= 11 is 0. The van der Waals surface area contributed by atoms with E-state index in [2.05, 4.69) is 10.4 Å². The summed E-state index contributed by atoms with van der Waals surface area (Å²) < 4.78 is 1.66. The number of nitrogens with one attached hydrogen (secondary N) is 1. The van der Waals surface area contributed by atoms with Crippen LogP contribution in [0.2, 0.25) is 0 Å². The quantitative estimate of drug-likeness (QED) is 0.754. The Labute approximate surface area is 82.3 Å². The zero-order valence-corrected chi connectivity index (χ0v) is 8.40. The van der Waals surface area contributed by atoms with Gasteiger partial charge in [-0.3, -0.25) is 9.48 Å². The van der Waals surface area contributed by atoms with Crippen LogP contribution >= 0.6 is 0 Å². The second-order valence-electron chi connectivity index (χ2n) is 3.13. The molecule has 0 fully saturated rings. The molecule has 1 atom stereocenters. The SMILES string of the molecule is Cc1cc(NC(=O)C(C)C#N)nn1C. The van der Waals surface area contributed by atoms with Crippen LogP contribution in [-0.2, 0) is 11.8 Å². The highest BCUT2D eigenvalue weighted by Crippen LogP contribution is 2.08. The maximum atomic E-state index is 11.3. The average molecular weight is 192 g/mol. The molecule has 5 nitrogen and oxygen atoms in total. The monoisotopic (exact) mass is 192 g/mol. The number of rotatable bonds is 2. The number of aromatic nitrogens is 2.